The topological polar surface area (TPSA) is 76.3 Å². The van der Waals surface area contributed by atoms with E-state index in [0.29, 0.717) is 12.1 Å². The molecule has 3 rings (SSSR count). The third kappa shape index (κ3) is 2.44. The Morgan fingerprint density at radius 1 is 1.24 bits per heavy atom. The number of nitrogens with zero attached hydrogens (tertiary/aromatic N) is 2. The monoisotopic (exact) mass is 297 g/mol. The van der Waals surface area contributed by atoms with E-state index in [9.17, 15) is 9.59 Å². The Morgan fingerprint density at radius 2 is 2.10 bits per heavy atom. The van der Waals surface area contributed by atoms with Crippen LogP contribution in [0.5, 0.6) is 0 Å². The standard InChI is InChI=1S/C15H11N3O2S/c16-7-1-3-10-5-6-11(21-10)9-18-14(19)12-4-2-8-17-13(12)15(18)20/h2,4-6,8H,7,9,16H2. The van der Waals surface area contributed by atoms with Gasteiger partial charge in [-0.2, -0.15) is 0 Å². The summed E-state index contributed by atoms with van der Waals surface area (Å²) in [6, 6.07) is 7.00. The summed E-state index contributed by atoms with van der Waals surface area (Å²) in [4.78, 5) is 31.4. The van der Waals surface area contributed by atoms with Crippen LogP contribution in [0.1, 0.15) is 30.6 Å². The minimum Gasteiger partial charge on any atom is -0.320 e. The number of aromatic nitrogens is 1. The Balaban J connectivity index is 1.82. The molecule has 0 spiro atoms. The maximum Gasteiger partial charge on any atom is 0.280 e. The number of pyridine rings is 1. The summed E-state index contributed by atoms with van der Waals surface area (Å²) in [6.07, 6.45) is 1.51. The van der Waals surface area contributed by atoms with Crippen molar-refractivity contribution < 1.29 is 9.59 Å². The maximum absolute atomic E-state index is 12.2. The van der Waals surface area contributed by atoms with Crippen LogP contribution in [0.15, 0.2) is 30.5 Å². The quantitative estimate of drug-likeness (QED) is 0.668. The van der Waals surface area contributed by atoms with Crippen molar-refractivity contribution >= 4 is 23.2 Å². The van der Waals surface area contributed by atoms with E-state index in [1.54, 1.807) is 12.1 Å². The van der Waals surface area contributed by atoms with E-state index < -0.39 is 0 Å². The smallest absolute Gasteiger partial charge is 0.280 e. The number of imide groups is 1. The molecule has 104 valence electrons. The van der Waals surface area contributed by atoms with Gasteiger partial charge in [-0.3, -0.25) is 19.5 Å². The summed E-state index contributed by atoms with van der Waals surface area (Å²) in [5, 5.41) is 0. The molecule has 3 heterocycles. The molecule has 0 aliphatic carbocycles. The molecule has 6 heteroatoms. The molecule has 0 saturated carbocycles. The zero-order chi connectivity index (χ0) is 14.8. The average molecular weight is 297 g/mol. The Bertz CT molecular complexity index is 750. The molecule has 2 aromatic heterocycles. The minimum atomic E-state index is -0.349. The Hall–Kier alpha value is -2.49. The van der Waals surface area contributed by atoms with Crippen molar-refractivity contribution in [3.63, 3.8) is 0 Å². The van der Waals surface area contributed by atoms with Crippen molar-refractivity contribution in [3.05, 3.63) is 51.5 Å². The number of hydrogen-bond acceptors (Lipinski definition) is 5. The zero-order valence-corrected chi connectivity index (χ0v) is 11.8. The predicted molar refractivity (Wildman–Crippen MR) is 78.7 cm³/mol. The van der Waals surface area contributed by atoms with E-state index in [1.807, 2.05) is 12.1 Å². The molecular weight excluding hydrogens is 286 g/mol. The molecule has 0 unspecified atom stereocenters. The first-order chi connectivity index (χ1) is 10.2. The molecule has 1 aliphatic rings. The maximum atomic E-state index is 12.2. The second kappa shape index (κ2) is 5.48. The van der Waals surface area contributed by atoms with Crippen LogP contribution < -0.4 is 5.73 Å². The van der Waals surface area contributed by atoms with Gasteiger partial charge in [0.05, 0.1) is 23.5 Å². The number of fused-ring (bicyclic) bond motifs is 1. The van der Waals surface area contributed by atoms with Crippen molar-refractivity contribution in [1.29, 1.82) is 0 Å². The van der Waals surface area contributed by atoms with Crippen LogP contribution in [0.3, 0.4) is 0 Å². The van der Waals surface area contributed by atoms with Crippen molar-refractivity contribution in [2.24, 2.45) is 5.73 Å². The van der Waals surface area contributed by atoms with Gasteiger partial charge in [0, 0.05) is 11.1 Å². The van der Waals surface area contributed by atoms with Crippen LogP contribution in [0.2, 0.25) is 0 Å². The average Bonchev–Trinajstić information content (AvgIpc) is 3.05. The molecular formula is C15H11N3O2S. The molecule has 0 atom stereocenters. The second-order valence-corrected chi connectivity index (χ2v) is 5.54. The normalized spacial score (nSPS) is 13.1. The minimum absolute atomic E-state index is 0.224. The molecule has 2 aromatic rings. The first kappa shape index (κ1) is 13.5. The van der Waals surface area contributed by atoms with Gasteiger partial charge in [0.1, 0.15) is 5.69 Å². The number of carbonyl (C=O) groups excluding carboxylic acids is 2. The Morgan fingerprint density at radius 3 is 2.86 bits per heavy atom. The fourth-order valence-corrected chi connectivity index (χ4v) is 2.95. The molecule has 0 radical (unpaired) electrons. The fraction of sp³-hybridized carbons (Fsp3) is 0.133. The third-order valence-corrected chi connectivity index (χ3v) is 4.01. The van der Waals surface area contributed by atoms with Gasteiger partial charge in [-0.25, -0.2) is 0 Å². The van der Waals surface area contributed by atoms with Gasteiger partial charge >= 0.3 is 0 Å². The highest BCUT2D eigenvalue weighted by Crippen LogP contribution is 2.25. The molecule has 5 nitrogen and oxygen atoms in total. The summed E-state index contributed by atoms with van der Waals surface area (Å²) >= 11 is 1.45. The van der Waals surface area contributed by atoms with Crippen LogP contribution in [0.25, 0.3) is 0 Å². The first-order valence-electron chi connectivity index (χ1n) is 6.29. The molecule has 1 aliphatic heterocycles. The van der Waals surface area contributed by atoms with Gasteiger partial charge < -0.3 is 5.73 Å². The van der Waals surface area contributed by atoms with Gasteiger partial charge in [0.15, 0.2) is 0 Å². The summed E-state index contributed by atoms with van der Waals surface area (Å²) in [6.45, 7) is 0.542. The van der Waals surface area contributed by atoms with Gasteiger partial charge in [-0.1, -0.05) is 11.8 Å². The molecule has 2 amide bonds. The van der Waals surface area contributed by atoms with Gasteiger partial charge in [-0.05, 0) is 24.3 Å². The number of carbonyl (C=O) groups is 2. The lowest BCUT2D eigenvalue weighted by atomic mass is 10.2. The molecule has 21 heavy (non-hydrogen) atoms. The van der Waals surface area contributed by atoms with E-state index in [-0.39, 0.29) is 24.1 Å². The molecule has 0 saturated heterocycles. The van der Waals surface area contributed by atoms with Crippen LogP contribution in [-0.2, 0) is 6.54 Å². The van der Waals surface area contributed by atoms with Crippen molar-refractivity contribution in [3.8, 4) is 11.8 Å². The number of rotatable bonds is 2. The summed E-state index contributed by atoms with van der Waals surface area (Å²) in [7, 11) is 0. The summed E-state index contributed by atoms with van der Waals surface area (Å²) in [5.41, 5.74) is 5.91. The highest BCUT2D eigenvalue weighted by Gasteiger charge is 2.36. The summed E-state index contributed by atoms with van der Waals surface area (Å²) in [5.74, 6) is 5.06. The molecule has 0 bridgehead atoms. The van der Waals surface area contributed by atoms with Crippen LogP contribution in [-0.4, -0.2) is 28.2 Å². The van der Waals surface area contributed by atoms with E-state index >= 15 is 0 Å². The number of nitrogens with two attached hydrogens (primary N) is 1. The van der Waals surface area contributed by atoms with E-state index in [1.165, 1.54) is 22.4 Å². The largest absolute Gasteiger partial charge is 0.320 e. The predicted octanol–water partition coefficient (Wildman–Crippen LogP) is 1.25. The number of amides is 2. The molecule has 0 fully saturated rings. The van der Waals surface area contributed by atoms with Gasteiger partial charge in [-0.15, -0.1) is 11.3 Å². The Kier molecular flexibility index (Phi) is 3.52. The lowest BCUT2D eigenvalue weighted by molar-refractivity contribution is 0.0642. The molecule has 0 aromatic carbocycles. The second-order valence-electron chi connectivity index (χ2n) is 4.37. The highest BCUT2D eigenvalue weighted by atomic mass is 32.1. The number of hydrogen-bond donors (Lipinski definition) is 1. The first-order valence-corrected chi connectivity index (χ1v) is 7.11. The summed E-state index contributed by atoms with van der Waals surface area (Å²) < 4.78 is 0. The lowest BCUT2D eigenvalue weighted by Crippen LogP contribution is -2.28. The number of thiophene rings is 1. The van der Waals surface area contributed by atoms with Crippen LogP contribution in [0, 0.1) is 11.8 Å². The van der Waals surface area contributed by atoms with Crippen LogP contribution >= 0.6 is 11.3 Å². The van der Waals surface area contributed by atoms with E-state index in [2.05, 4.69) is 16.8 Å². The Labute approximate surface area is 125 Å². The lowest BCUT2D eigenvalue weighted by Gasteiger charge is -2.11. The van der Waals surface area contributed by atoms with Crippen molar-refractivity contribution in [2.75, 3.05) is 6.54 Å². The van der Waals surface area contributed by atoms with E-state index in [0.717, 1.165) is 9.75 Å². The van der Waals surface area contributed by atoms with E-state index in [4.69, 9.17) is 5.73 Å². The van der Waals surface area contributed by atoms with Gasteiger partial charge in [0.2, 0.25) is 0 Å². The highest BCUT2D eigenvalue weighted by molar-refractivity contribution is 7.12. The fourth-order valence-electron chi connectivity index (χ4n) is 2.08. The molecule has 2 N–H and O–H groups in total. The van der Waals surface area contributed by atoms with Gasteiger partial charge in [0.25, 0.3) is 11.8 Å². The van der Waals surface area contributed by atoms with Crippen molar-refractivity contribution in [2.45, 2.75) is 6.54 Å². The third-order valence-electron chi connectivity index (χ3n) is 3.02. The van der Waals surface area contributed by atoms with Crippen LogP contribution in [0.4, 0.5) is 0 Å². The van der Waals surface area contributed by atoms with Crippen molar-refractivity contribution in [1.82, 2.24) is 9.88 Å². The zero-order valence-electron chi connectivity index (χ0n) is 11.0. The SMILES string of the molecule is NCC#Cc1ccc(CN2C(=O)c3cccnc3C2=O)s1.